The summed E-state index contributed by atoms with van der Waals surface area (Å²) >= 11 is 0. The molecule has 64 valence electrons. The number of nitrogens with zero attached hydrogens (tertiary/aromatic N) is 1. The topological polar surface area (TPSA) is 58.4 Å². The first-order chi connectivity index (χ1) is 5.15. The van der Waals surface area contributed by atoms with Crippen molar-refractivity contribution in [3.63, 3.8) is 0 Å². The third-order valence-electron chi connectivity index (χ3n) is 1.91. The summed E-state index contributed by atoms with van der Waals surface area (Å²) in [6, 6.07) is 0.423. The molecule has 0 aromatic rings. The van der Waals surface area contributed by atoms with Crippen LogP contribution in [-0.4, -0.2) is 36.1 Å². The number of nitrogens with two attached hydrogens (primary N) is 1. The second kappa shape index (κ2) is 3.09. The first-order valence-corrected chi connectivity index (χ1v) is 3.92. The van der Waals surface area contributed by atoms with Gasteiger partial charge in [-0.25, -0.2) is 4.79 Å². The summed E-state index contributed by atoms with van der Waals surface area (Å²) in [6.07, 6.45) is 0. The number of hydrogen-bond donors (Lipinski definition) is 2. The molecule has 0 radical (unpaired) electrons. The Balaban J connectivity index is 2.52. The van der Waals surface area contributed by atoms with Crippen LogP contribution in [0.5, 0.6) is 0 Å². The van der Waals surface area contributed by atoms with Gasteiger partial charge in [0.25, 0.3) is 0 Å². The molecule has 1 saturated heterocycles. The number of nitrogens with one attached hydrogen (secondary N) is 1. The molecular weight excluding hydrogens is 142 g/mol. The van der Waals surface area contributed by atoms with Crippen molar-refractivity contribution < 1.29 is 4.79 Å². The average molecular weight is 157 g/mol. The van der Waals surface area contributed by atoms with E-state index in [1.54, 1.807) is 4.90 Å². The largest absolute Gasteiger partial charge is 0.332 e. The lowest BCUT2D eigenvalue weighted by atomic mass is 10.3. The third kappa shape index (κ3) is 1.63. The van der Waals surface area contributed by atoms with E-state index in [4.69, 9.17) is 5.73 Å². The summed E-state index contributed by atoms with van der Waals surface area (Å²) in [4.78, 5) is 12.9. The highest BCUT2D eigenvalue weighted by Gasteiger charge is 2.28. The van der Waals surface area contributed by atoms with Gasteiger partial charge < -0.3 is 16.0 Å². The highest BCUT2D eigenvalue weighted by atomic mass is 16.2. The molecule has 1 atom stereocenters. The van der Waals surface area contributed by atoms with Crippen molar-refractivity contribution in [3.8, 4) is 0 Å². The molecule has 4 heteroatoms. The Morgan fingerprint density at radius 2 is 2.45 bits per heavy atom. The summed E-state index contributed by atoms with van der Waals surface area (Å²) in [5.41, 5.74) is 5.42. The first-order valence-electron chi connectivity index (χ1n) is 3.92. The van der Waals surface area contributed by atoms with E-state index in [-0.39, 0.29) is 18.1 Å². The van der Waals surface area contributed by atoms with E-state index in [9.17, 15) is 4.79 Å². The molecule has 0 spiro atoms. The molecule has 1 aliphatic heterocycles. The standard InChI is InChI=1S/C7H15N3O/c1-5(2)10-4-6(3-8)9-7(10)11/h5-6H,3-4,8H2,1-2H3,(H,9,11). The van der Waals surface area contributed by atoms with Gasteiger partial charge in [-0.15, -0.1) is 0 Å². The van der Waals surface area contributed by atoms with Crippen molar-refractivity contribution in [2.24, 2.45) is 5.73 Å². The fourth-order valence-corrected chi connectivity index (χ4v) is 1.20. The van der Waals surface area contributed by atoms with Crippen molar-refractivity contribution in [2.75, 3.05) is 13.1 Å². The highest BCUT2D eigenvalue weighted by Crippen LogP contribution is 2.06. The maximum absolute atomic E-state index is 11.1. The molecule has 0 aromatic heterocycles. The van der Waals surface area contributed by atoms with Crippen LogP contribution in [-0.2, 0) is 0 Å². The van der Waals surface area contributed by atoms with Crippen LogP contribution in [0.25, 0.3) is 0 Å². The van der Waals surface area contributed by atoms with Gasteiger partial charge in [0.05, 0.1) is 6.04 Å². The first kappa shape index (κ1) is 8.33. The van der Waals surface area contributed by atoms with Crippen LogP contribution in [0.3, 0.4) is 0 Å². The van der Waals surface area contributed by atoms with Crippen LogP contribution >= 0.6 is 0 Å². The van der Waals surface area contributed by atoms with Crippen molar-refractivity contribution >= 4 is 6.03 Å². The molecule has 11 heavy (non-hydrogen) atoms. The Morgan fingerprint density at radius 1 is 1.82 bits per heavy atom. The molecule has 1 unspecified atom stereocenters. The number of urea groups is 1. The van der Waals surface area contributed by atoms with Gasteiger partial charge in [-0.1, -0.05) is 0 Å². The quantitative estimate of drug-likeness (QED) is 0.580. The van der Waals surface area contributed by atoms with Gasteiger partial charge >= 0.3 is 6.03 Å². The number of rotatable bonds is 2. The van der Waals surface area contributed by atoms with E-state index in [1.807, 2.05) is 13.8 Å². The van der Waals surface area contributed by atoms with E-state index in [2.05, 4.69) is 5.32 Å². The number of carbonyl (C=O) groups is 1. The molecule has 3 N–H and O–H groups in total. The second-order valence-corrected chi connectivity index (χ2v) is 3.13. The van der Waals surface area contributed by atoms with Gasteiger partial charge in [0, 0.05) is 19.1 Å². The van der Waals surface area contributed by atoms with Gasteiger partial charge in [-0.2, -0.15) is 0 Å². The highest BCUT2D eigenvalue weighted by molar-refractivity contribution is 5.77. The lowest BCUT2D eigenvalue weighted by Crippen LogP contribution is -2.34. The van der Waals surface area contributed by atoms with Crippen molar-refractivity contribution in [2.45, 2.75) is 25.9 Å². The Hall–Kier alpha value is -0.770. The summed E-state index contributed by atoms with van der Waals surface area (Å²) in [5.74, 6) is 0. The minimum atomic E-state index is 0.00968. The van der Waals surface area contributed by atoms with Gasteiger partial charge in [-0.05, 0) is 13.8 Å². The SMILES string of the molecule is CC(C)N1CC(CN)NC1=O. The maximum atomic E-state index is 11.1. The molecule has 0 aliphatic carbocycles. The van der Waals surface area contributed by atoms with E-state index >= 15 is 0 Å². The zero-order chi connectivity index (χ0) is 8.43. The molecule has 1 heterocycles. The van der Waals surface area contributed by atoms with Crippen LogP contribution in [0.1, 0.15) is 13.8 Å². The summed E-state index contributed by atoms with van der Waals surface area (Å²) in [7, 11) is 0. The lowest BCUT2D eigenvalue weighted by Gasteiger charge is -2.18. The van der Waals surface area contributed by atoms with Crippen LogP contribution in [0.4, 0.5) is 4.79 Å². The minimum absolute atomic E-state index is 0.00968. The summed E-state index contributed by atoms with van der Waals surface area (Å²) < 4.78 is 0. The number of hydrogen-bond acceptors (Lipinski definition) is 2. The maximum Gasteiger partial charge on any atom is 0.318 e. The predicted octanol–water partition coefficient (Wildman–Crippen LogP) is -0.253. The molecule has 1 aliphatic rings. The van der Waals surface area contributed by atoms with Crippen LogP contribution in [0, 0.1) is 0 Å². The van der Waals surface area contributed by atoms with Gasteiger partial charge in [-0.3, -0.25) is 0 Å². The van der Waals surface area contributed by atoms with Gasteiger partial charge in [0.1, 0.15) is 0 Å². The van der Waals surface area contributed by atoms with E-state index in [1.165, 1.54) is 0 Å². The Labute approximate surface area is 66.7 Å². The molecule has 0 aromatic carbocycles. The fourth-order valence-electron chi connectivity index (χ4n) is 1.20. The Bertz CT molecular complexity index is 158. The van der Waals surface area contributed by atoms with Crippen LogP contribution < -0.4 is 11.1 Å². The molecule has 0 saturated carbocycles. The van der Waals surface area contributed by atoms with Crippen LogP contribution in [0.2, 0.25) is 0 Å². The lowest BCUT2D eigenvalue weighted by molar-refractivity contribution is 0.206. The molecule has 2 amide bonds. The zero-order valence-electron chi connectivity index (χ0n) is 7.00. The normalized spacial score (nSPS) is 24.5. The Kier molecular flexibility index (Phi) is 2.34. The predicted molar refractivity (Wildman–Crippen MR) is 43.2 cm³/mol. The smallest absolute Gasteiger partial charge is 0.318 e. The van der Waals surface area contributed by atoms with Gasteiger partial charge in [0.2, 0.25) is 0 Å². The molecule has 1 rings (SSSR count). The van der Waals surface area contributed by atoms with Crippen molar-refractivity contribution in [1.82, 2.24) is 10.2 Å². The monoisotopic (exact) mass is 157 g/mol. The van der Waals surface area contributed by atoms with Crippen molar-refractivity contribution in [3.05, 3.63) is 0 Å². The number of amides is 2. The zero-order valence-corrected chi connectivity index (χ0v) is 7.00. The van der Waals surface area contributed by atoms with E-state index < -0.39 is 0 Å². The van der Waals surface area contributed by atoms with Crippen LogP contribution in [0.15, 0.2) is 0 Å². The molecule has 1 fully saturated rings. The average Bonchev–Trinajstić information content (AvgIpc) is 2.30. The van der Waals surface area contributed by atoms with Crippen molar-refractivity contribution in [1.29, 1.82) is 0 Å². The molecular formula is C7H15N3O. The number of carbonyl (C=O) groups excluding carboxylic acids is 1. The Morgan fingerprint density at radius 3 is 2.73 bits per heavy atom. The minimum Gasteiger partial charge on any atom is -0.332 e. The second-order valence-electron chi connectivity index (χ2n) is 3.13. The summed E-state index contributed by atoms with van der Waals surface area (Å²) in [6.45, 7) is 5.26. The molecule has 4 nitrogen and oxygen atoms in total. The summed E-state index contributed by atoms with van der Waals surface area (Å²) in [5, 5.41) is 2.80. The van der Waals surface area contributed by atoms with Gasteiger partial charge in [0.15, 0.2) is 0 Å². The van der Waals surface area contributed by atoms with E-state index in [0.717, 1.165) is 6.54 Å². The third-order valence-corrected chi connectivity index (χ3v) is 1.91. The van der Waals surface area contributed by atoms with E-state index in [0.29, 0.717) is 6.54 Å². The fraction of sp³-hybridized carbons (Fsp3) is 0.857. The molecule has 0 bridgehead atoms.